The summed E-state index contributed by atoms with van der Waals surface area (Å²) in [5.41, 5.74) is 1.63. The van der Waals surface area contributed by atoms with Crippen LogP contribution in [0.15, 0.2) is 30.3 Å². The van der Waals surface area contributed by atoms with E-state index in [0.717, 1.165) is 5.56 Å². The van der Waals surface area contributed by atoms with Crippen molar-refractivity contribution >= 4 is 0 Å². The molecule has 0 unspecified atom stereocenters. The van der Waals surface area contributed by atoms with Crippen LogP contribution in [0.4, 0.5) is 0 Å². The molecule has 9 atom stereocenters. The van der Waals surface area contributed by atoms with E-state index < -0.39 is 43.4 Å². The minimum absolute atomic E-state index is 0.0112. The van der Waals surface area contributed by atoms with E-state index in [1.165, 1.54) is 0 Å². The second-order valence-electron chi connectivity index (χ2n) is 10.0. The Balaban J connectivity index is 1.17. The first-order valence-corrected chi connectivity index (χ1v) is 12.6. The van der Waals surface area contributed by atoms with Crippen LogP contribution in [0.3, 0.4) is 0 Å². The highest BCUT2D eigenvalue weighted by Crippen LogP contribution is 2.54. The van der Waals surface area contributed by atoms with Crippen LogP contribution in [0.1, 0.15) is 23.3 Å². The monoisotopic (exact) mass is 532 g/mol. The van der Waals surface area contributed by atoms with Crippen LogP contribution in [0.2, 0.25) is 0 Å². The van der Waals surface area contributed by atoms with Crippen molar-refractivity contribution in [3.05, 3.63) is 41.5 Å². The first-order valence-electron chi connectivity index (χ1n) is 12.6. The average Bonchev–Trinajstić information content (AvgIpc) is 3.72. The molecule has 0 amide bonds. The minimum atomic E-state index is -1.57. The predicted octanol–water partition coefficient (Wildman–Crippen LogP) is 0.398. The molecule has 0 aromatic heterocycles. The van der Waals surface area contributed by atoms with Crippen LogP contribution < -0.4 is 23.7 Å². The Kier molecular flexibility index (Phi) is 6.00. The molecule has 12 nitrogen and oxygen atoms in total. The zero-order chi connectivity index (χ0) is 26.0. The Labute approximate surface area is 217 Å². The lowest BCUT2D eigenvalue weighted by Crippen LogP contribution is -2.60. The number of fused-ring (bicyclic) bond motifs is 3. The fourth-order valence-corrected chi connectivity index (χ4v) is 5.86. The van der Waals surface area contributed by atoms with Gasteiger partial charge in [0.05, 0.1) is 32.0 Å². The van der Waals surface area contributed by atoms with Gasteiger partial charge < -0.3 is 58.3 Å². The number of rotatable bonds is 5. The van der Waals surface area contributed by atoms with Crippen LogP contribution in [0, 0.1) is 11.8 Å². The number of hydrogen-bond acceptors (Lipinski definition) is 12. The molecule has 2 aromatic rings. The fraction of sp³-hybridized carbons (Fsp3) is 0.538. The fourth-order valence-electron chi connectivity index (χ4n) is 5.86. The van der Waals surface area contributed by atoms with Crippen LogP contribution >= 0.6 is 0 Å². The summed E-state index contributed by atoms with van der Waals surface area (Å²) >= 11 is 0. The topological polar surface area (TPSA) is 155 Å². The molecule has 0 bridgehead atoms. The van der Waals surface area contributed by atoms with E-state index in [0.29, 0.717) is 47.5 Å². The maximum Gasteiger partial charge on any atom is 0.231 e. The number of aliphatic hydroxyl groups excluding tert-OH is 4. The number of aliphatic hydroxyl groups is 4. The smallest absolute Gasteiger partial charge is 0.231 e. The van der Waals surface area contributed by atoms with Gasteiger partial charge in [-0.15, -0.1) is 0 Å². The van der Waals surface area contributed by atoms with E-state index in [4.69, 9.17) is 37.9 Å². The van der Waals surface area contributed by atoms with E-state index in [1.807, 2.05) is 18.2 Å². The average molecular weight is 532 g/mol. The van der Waals surface area contributed by atoms with E-state index in [-0.39, 0.29) is 31.5 Å². The van der Waals surface area contributed by atoms with Gasteiger partial charge >= 0.3 is 0 Å². The Bertz CT molecular complexity index is 1200. The Morgan fingerprint density at radius 2 is 1.39 bits per heavy atom. The van der Waals surface area contributed by atoms with Gasteiger partial charge in [-0.2, -0.15) is 0 Å². The van der Waals surface area contributed by atoms with Gasteiger partial charge in [-0.1, -0.05) is 6.07 Å². The molecular weight excluding hydrogens is 504 g/mol. The second-order valence-corrected chi connectivity index (χ2v) is 10.0. The minimum Gasteiger partial charge on any atom is -0.461 e. The van der Waals surface area contributed by atoms with Crippen molar-refractivity contribution in [1.82, 2.24) is 0 Å². The molecule has 0 saturated carbocycles. The van der Waals surface area contributed by atoms with Crippen molar-refractivity contribution in [2.75, 3.05) is 33.4 Å². The molecule has 4 N–H and O–H groups in total. The summed E-state index contributed by atoms with van der Waals surface area (Å²) in [4.78, 5) is 0. The van der Waals surface area contributed by atoms with Gasteiger partial charge in [0.2, 0.25) is 19.9 Å². The highest BCUT2D eigenvalue weighted by Gasteiger charge is 2.50. The maximum absolute atomic E-state index is 10.5. The normalized spacial score (nSPS) is 36.9. The molecule has 38 heavy (non-hydrogen) atoms. The third kappa shape index (κ3) is 3.87. The zero-order valence-corrected chi connectivity index (χ0v) is 20.2. The Morgan fingerprint density at radius 3 is 2.16 bits per heavy atom. The molecule has 5 aliphatic rings. The van der Waals surface area contributed by atoms with Gasteiger partial charge in [0.15, 0.2) is 23.0 Å². The summed E-state index contributed by atoms with van der Waals surface area (Å²) in [5.74, 6) is 2.73. The third-order valence-electron chi connectivity index (χ3n) is 7.89. The second kappa shape index (κ2) is 9.42. The number of ether oxygens (including phenoxy) is 8. The predicted molar refractivity (Wildman–Crippen MR) is 124 cm³/mol. The molecule has 5 aliphatic heterocycles. The van der Waals surface area contributed by atoms with Crippen LogP contribution in [0.5, 0.6) is 28.7 Å². The molecule has 3 saturated heterocycles. The maximum atomic E-state index is 10.5. The zero-order valence-electron chi connectivity index (χ0n) is 20.2. The molecule has 204 valence electrons. The van der Waals surface area contributed by atoms with Crippen molar-refractivity contribution in [2.45, 2.75) is 42.9 Å². The van der Waals surface area contributed by atoms with Gasteiger partial charge in [-0.3, -0.25) is 0 Å². The first kappa shape index (κ1) is 24.2. The van der Waals surface area contributed by atoms with Crippen molar-refractivity contribution < 1.29 is 58.3 Å². The number of benzene rings is 2. The standard InChI is InChI=1S/C26H28O12/c27-6-20-21(28)22(29)23(30)26(38-20)37-16-5-19-18(35-10-36-19)4-12(16)25-14-8-31-24(13(14)7-32-25)11-1-2-15-17(3-11)34-9-33-15/h1-5,13-14,20-30H,6-10H2/t13-,14-,20-,21-,22+,23-,24+,25-,26-/m1/s1. The number of hydrogen-bond donors (Lipinski definition) is 4. The van der Waals surface area contributed by atoms with Gasteiger partial charge in [-0.05, 0) is 23.8 Å². The molecule has 2 aromatic carbocycles. The van der Waals surface area contributed by atoms with E-state index in [2.05, 4.69) is 0 Å². The molecule has 7 rings (SSSR count). The van der Waals surface area contributed by atoms with Gasteiger partial charge in [0, 0.05) is 23.5 Å². The molecule has 0 spiro atoms. The Morgan fingerprint density at radius 1 is 0.737 bits per heavy atom. The van der Waals surface area contributed by atoms with Crippen molar-refractivity contribution in [2.24, 2.45) is 11.8 Å². The van der Waals surface area contributed by atoms with E-state index >= 15 is 0 Å². The van der Waals surface area contributed by atoms with Crippen LogP contribution in [-0.4, -0.2) is 84.5 Å². The summed E-state index contributed by atoms with van der Waals surface area (Å²) in [5, 5.41) is 40.5. The molecule has 5 heterocycles. The lowest BCUT2D eigenvalue weighted by molar-refractivity contribution is -0.277. The summed E-state index contributed by atoms with van der Waals surface area (Å²) in [6.07, 6.45) is -7.70. The van der Waals surface area contributed by atoms with Gasteiger partial charge in [0.1, 0.15) is 30.2 Å². The molecule has 12 heteroatoms. The summed E-state index contributed by atoms with van der Waals surface area (Å²) in [7, 11) is 0. The highest BCUT2D eigenvalue weighted by molar-refractivity contribution is 5.53. The van der Waals surface area contributed by atoms with Gasteiger partial charge in [0.25, 0.3) is 0 Å². The molecule has 0 radical (unpaired) electrons. The van der Waals surface area contributed by atoms with Crippen LogP contribution in [-0.2, 0) is 14.2 Å². The lowest BCUT2D eigenvalue weighted by atomic mass is 9.84. The molecular formula is C26H28O12. The van der Waals surface area contributed by atoms with Gasteiger partial charge in [-0.25, -0.2) is 0 Å². The van der Waals surface area contributed by atoms with Crippen LogP contribution in [0.25, 0.3) is 0 Å². The van der Waals surface area contributed by atoms with Crippen molar-refractivity contribution in [3.63, 3.8) is 0 Å². The van der Waals surface area contributed by atoms with E-state index in [1.54, 1.807) is 12.1 Å². The van der Waals surface area contributed by atoms with Crippen molar-refractivity contribution in [3.8, 4) is 28.7 Å². The summed E-state index contributed by atoms with van der Waals surface area (Å²) in [6, 6.07) is 9.20. The largest absolute Gasteiger partial charge is 0.461 e. The molecule has 3 fully saturated rings. The summed E-state index contributed by atoms with van der Waals surface area (Å²) < 4.78 is 46.3. The Hall–Kier alpha value is -2.84. The highest BCUT2D eigenvalue weighted by atomic mass is 16.7. The lowest BCUT2D eigenvalue weighted by Gasteiger charge is -2.40. The van der Waals surface area contributed by atoms with Crippen molar-refractivity contribution in [1.29, 1.82) is 0 Å². The SMILES string of the molecule is OC[C@H]1O[C@@H](Oc2cc3c(cc2[C@H]2OC[C@@H]4[C@H]2CO[C@H]4c2ccc4c(c2)OCO4)OCO3)[C@H](O)[C@@H](O)[C@@H]1O. The third-order valence-corrected chi connectivity index (χ3v) is 7.89. The first-order chi connectivity index (χ1) is 18.5. The van der Waals surface area contributed by atoms with E-state index in [9.17, 15) is 20.4 Å². The quantitative estimate of drug-likeness (QED) is 0.421. The summed E-state index contributed by atoms with van der Waals surface area (Å²) in [6.45, 7) is 0.575. The molecule has 0 aliphatic carbocycles.